The van der Waals surface area contributed by atoms with Crippen LogP contribution in [-0.2, 0) is 6.42 Å². The van der Waals surface area contributed by atoms with Crippen LogP contribution in [0.25, 0.3) is 0 Å². The number of nitrogens with one attached hydrogen (secondary N) is 1. The van der Waals surface area contributed by atoms with Gasteiger partial charge >= 0.3 is 0 Å². The molecule has 1 aliphatic rings. The Labute approximate surface area is 132 Å². The van der Waals surface area contributed by atoms with Gasteiger partial charge in [0, 0.05) is 10.5 Å². The predicted octanol–water partition coefficient (Wildman–Crippen LogP) is 5.47. The van der Waals surface area contributed by atoms with Crippen LogP contribution in [0.4, 0.5) is 0 Å². The maximum absolute atomic E-state index is 3.80. The van der Waals surface area contributed by atoms with E-state index in [4.69, 9.17) is 0 Å². The number of aryl methyl sites for hydroxylation is 1. The number of fused-ring (bicyclic) bond motifs is 1. The van der Waals surface area contributed by atoms with E-state index in [1.807, 2.05) is 0 Å². The molecule has 0 saturated carbocycles. The van der Waals surface area contributed by atoms with Crippen molar-refractivity contribution >= 4 is 15.9 Å². The van der Waals surface area contributed by atoms with Gasteiger partial charge in [-0.3, -0.25) is 0 Å². The Kier molecular flexibility index (Phi) is 4.96. The van der Waals surface area contributed by atoms with E-state index in [0.717, 1.165) is 6.54 Å². The summed E-state index contributed by atoms with van der Waals surface area (Å²) < 4.78 is 1.26. The van der Waals surface area contributed by atoms with Gasteiger partial charge in [-0.25, -0.2) is 0 Å². The van der Waals surface area contributed by atoms with E-state index in [-0.39, 0.29) is 0 Å². The lowest BCUT2D eigenvalue weighted by molar-refractivity contribution is 0.273. The Morgan fingerprint density at radius 1 is 1.35 bits per heavy atom. The zero-order chi connectivity index (χ0) is 14.9. The molecule has 0 radical (unpaired) electrons. The monoisotopic (exact) mass is 337 g/mol. The molecule has 1 aliphatic carbocycles. The highest BCUT2D eigenvalue weighted by atomic mass is 79.9. The van der Waals surface area contributed by atoms with Crippen LogP contribution in [0.1, 0.15) is 68.3 Å². The molecule has 112 valence electrons. The highest BCUT2D eigenvalue weighted by Gasteiger charge is 2.31. The third kappa shape index (κ3) is 3.28. The standard InChI is InChI=1S/C18H28BrN/c1-6-9-20-16-11-18(4,5)8-7-14-12(2)10-15(19)13(3)17(14)16/h10,16,20H,6-9,11H2,1-5H3. The molecule has 1 aromatic rings. The van der Waals surface area contributed by atoms with E-state index >= 15 is 0 Å². The molecular formula is C18H28BrN. The molecule has 1 aromatic carbocycles. The van der Waals surface area contributed by atoms with Crippen molar-refractivity contribution < 1.29 is 0 Å². The number of hydrogen-bond donors (Lipinski definition) is 1. The fraction of sp³-hybridized carbons (Fsp3) is 0.667. The summed E-state index contributed by atoms with van der Waals surface area (Å²) in [5, 5.41) is 3.80. The summed E-state index contributed by atoms with van der Waals surface area (Å²) in [7, 11) is 0. The molecule has 0 fully saturated rings. The van der Waals surface area contributed by atoms with Gasteiger partial charge in [0.25, 0.3) is 0 Å². The van der Waals surface area contributed by atoms with Crippen LogP contribution in [0.5, 0.6) is 0 Å². The second-order valence-corrected chi connectivity index (χ2v) is 7.92. The van der Waals surface area contributed by atoms with E-state index < -0.39 is 0 Å². The van der Waals surface area contributed by atoms with Gasteiger partial charge in [0.15, 0.2) is 0 Å². The number of rotatable bonds is 3. The second kappa shape index (κ2) is 6.19. The zero-order valence-corrected chi connectivity index (χ0v) is 15.2. The van der Waals surface area contributed by atoms with Gasteiger partial charge in [0.2, 0.25) is 0 Å². The maximum Gasteiger partial charge on any atom is 0.0331 e. The number of hydrogen-bond acceptors (Lipinski definition) is 1. The molecular weight excluding hydrogens is 310 g/mol. The van der Waals surface area contributed by atoms with Crippen molar-refractivity contribution in [2.75, 3.05) is 6.54 Å². The second-order valence-electron chi connectivity index (χ2n) is 7.07. The molecule has 0 aliphatic heterocycles. The SMILES string of the molecule is CCCNC1CC(C)(C)CCc2c(C)cc(Br)c(C)c21. The molecule has 0 saturated heterocycles. The first-order valence-corrected chi connectivity index (χ1v) is 8.67. The minimum absolute atomic E-state index is 0.412. The summed E-state index contributed by atoms with van der Waals surface area (Å²) in [6, 6.07) is 2.79. The Hall–Kier alpha value is -0.340. The molecule has 1 atom stereocenters. The lowest BCUT2D eigenvalue weighted by Gasteiger charge is -2.29. The van der Waals surface area contributed by atoms with Crippen molar-refractivity contribution in [3.8, 4) is 0 Å². The van der Waals surface area contributed by atoms with Crippen LogP contribution in [0.15, 0.2) is 10.5 Å². The van der Waals surface area contributed by atoms with Crippen molar-refractivity contribution in [1.82, 2.24) is 5.32 Å². The quantitative estimate of drug-likeness (QED) is 0.721. The lowest BCUT2D eigenvalue weighted by atomic mass is 9.82. The van der Waals surface area contributed by atoms with Gasteiger partial charge < -0.3 is 5.32 Å². The highest BCUT2D eigenvalue weighted by molar-refractivity contribution is 9.10. The topological polar surface area (TPSA) is 12.0 Å². The van der Waals surface area contributed by atoms with Crippen LogP contribution in [-0.4, -0.2) is 6.54 Å². The van der Waals surface area contributed by atoms with Gasteiger partial charge in [-0.2, -0.15) is 0 Å². The third-order valence-corrected chi connectivity index (χ3v) is 5.53. The van der Waals surface area contributed by atoms with Gasteiger partial charge in [0.1, 0.15) is 0 Å². The van der Waals surface area contributed by atoms with Crippen molar-refractivity contribution in [2.24, 2.45) is 5.41 Å². The molecule has 0 aromatic heterocycles. The molecule has 2 heteroatoms. The van der Waals surface area contributed by atoms with Crippen LogP contribution in [0.2, 0.25) is 0 Å². The van der Waals surface area contributed by atoms with E-state index in [1.54, 1.807) is 11.1 Å². The summed E-state index contributed by atoms with van der Waals surface area (Å²) in [5.41, 5.74) is 6.44. The summed E-state index contributed by atoms with van der Waals surface area (Å²) in [5.74, 6) is 0. The highest BCUT2D eigenvalue weighted by Crippen LogP contribution is 2.43. The summed E-state index contributed by atoms with van der Waals surface area (Å²) in [6.07, 6.45) is 4.92. The Balaban J connectivity index is 2.51. The summed E-state index contributed by atoms with van der Waals surface area (Å²) in [4.78, 5) is 0. The third-order valence-electron chi connectivity index (χ3n) is 4.70. The predicted molar refractivity (Wildman–Crippen MR) is 91.4 cm³/mol. The van der Waals surface area contributed by atoms with Gasteiger partial charge in [-0.1, -0.05) is 36.7 Å². The van der Waals surface area contributed by atoms with Crippen molar-refractivity contribution in [1.29, 1.82) is 0 Å². The van der Waals surface area contributed by atoms with Crippen molar-refractivity contribution in [3.05, 3.63) is 32.8 Å². The Morgan fingerprint density at radius 2 is 2.05 bits per heavy atom. The molecule has 1 nitrogen and oxygen atoms in total. The Morgan fingerprint density at radius 3 is 2.70 bits per heavy atom. The average Bonchev–Trinajstić information content (AvgIpc) is 2.50. The molecule has 1 unspecified atom stereocenters. The van der Waals surface area contributed by atoms with Crippen LogP contribution >= 0.6 is 15.9 Å². The van der Waals surface area contributed by atoms with E-state index in [9.17, 15) is 0 Å². The van der Waals surface area contributed by atoms with Gasteiger partial charge in [-0.05, 0) is 79.8 Å². The van der Waals surface area contributed by atoms with E-state index in [2.05, 4.69) is 61.9 Å². The van der Waals surface area contributed by atoms with Gasteiger partial charge in [0.05, 0.1) is 0 Å². The molecule has 1 N–H and O–H groups in total. The zero-order valence-electron chi connectivity index (χ0n) is 13.6. The molecule has 0 amide bonds. The normalized spacial score (nSPS) is 21.4. The first kappa shape index (κ1) is 16.0. The minimum atomic E-state index is 0.412. The van der Waals surface area contributed by atoms with Crippen molar-refractivity contribution in [3.63, 3.8) is 0 Å². The average molecular weight is 338 g/mol. The van der Waals surface area contributed by atoms with E-state index in [0.29, 0.717) is 11.5 Å². The molecule has 0 bridgehead atoms. The molecule has 20 heavy (non-hydrogen) atoms. The Bertz CT molecular complexity index is 491. The van der Waals surface area contributed by atoms with E-state index in [1.165, 1.54) is 41.3 Å². The van der Waals surface area contributed by atoms with Crippen LogP contribution < -0.4 is 5.32 Å². The van der Waals surface area contributed by atoms with Gasteiger partial charge in [-0.15, -0.1) is 0 Å². The number of benzene rings is 1. The van der Waals surface area contributed by atoms with Crippen LogP contribution in [0, 0.1) is 19.3 Å². The molecule has 2 rings (SSSR count). The maximum atomic E-state index is 3.80. The summed E-state index contributed by atoms with van der Waals surface area (Å²) in [6.45, 7) is 12.7. The number of halogens is 1. The molecule has 0 spiro atoms. The first-order valence-electron chi connectivity index (χ1n) is 7.87. The largest absolute Gasteiger partial charge is 0.310 e. The fourth-order valence-corrected chi connectivity index (χ4v) is 4.03. The minimum Gasteiger partial charge on any atom is -0.310 e. The first-order chi connectivity index (χ1) is 9.35. The van der Waals surface area contributed by atoms with Crippen LogP contribution in [0.3, 0.4) is 0 Å². The van der Waals surface area contributed by atoms with Crippen molar-refractivity contribution in [2.45, 2.75) is 66.3 Å². The fourth-order valence-electron chi connectivity index (χ4n) is 3.47. The summed E-state index contributed by atoms with van der Waals surface area (Å²) >= 11 is 3.75. The molecule has 0 heterocycles. The lowest BCUT2D eigenvalue weighted by Crippen LogP contribution is -2.27. The smallest absolute Gasteiger partial charge is 0.0331 e.